The number of amides is 2. The molecule has 0 bridgehead atoms. The van der Waals surface area contributed by atoms with Gasteiger partial charge in [-0.1, -0.05) is 31.0 Å². The van der Waals surface area contributed by atoms with Gasteiger partial charge in [0.2, 0.25) is 0 Å². The molecule has 27 heavy (non-hydrogen) atoms. The topological polar surface area (TPSA) is 58.6 Å². The van der Waals surface area contributed by atoms with Gasteiger partial charge in [0.1, 0.15) is 5.75 Å². The zero-order chi connectivity index (χ0) is 19.1. The van der Waals surface area contributed by atoms with Gasteiger partial charge in [-0.05, 0) is 56.2 Å². The van der Waals surface area contributed by atoms with Crippen molar-refractivity contribution in [3.63, 3.8) is 0 Å². The van der Waals surface area contributed by atoms with E-state index in [-0.39, 0.29) is 11.8 Å². The summed E-state index contributed by atoms with van der Waals surface area (Å²) < 4.78 is 5.63. The van der Waals surface area contributed by atoms with Crippen LogP contribution < -0.4 is 10.1 Å². The highest BCUT2D eigenvalue weighted by atomic mass is 16.5. The van der Waals surface area contributed by atoms with Crippen LogP contribution in [-0.2, 0) is 4.79 Å². The summed E-state index contributed by atoms with van der Waals surface area (Å²) in [6.45, 7) is 3.36. The van der Waals surface area contributed by atoms with Crippen molar-refractivity contribution in [2.24, 2.45) is 0 Å². The minimum Gasteiger partial charge on any atom is -0.481 e. The predicted octanol–water partition coefficient (Wildman–Crippen LogP) is 4.11. The molecular formula is C22H26N2O3. The maximum Gasteiger partial charge on any atom is 0.265 e. The molecule has 0 aromatic heterocycles. The van der Waals surface area contributed by atoms with E-state index in [0.717, 1.165) is 25.9 Å². The van der Waals surface area contributed by atoms with Gasteiger partial charge < -0.3 is 15.0 Å². The SMILES string of the molecule is CC(Oc1ccccc1)C(=O)Nc1ccc(C(=O)N2CCCCCC2)cc1. The Morgan fingerprint density at radius 3 is 2.19 bits per heavy atom. The lowest BCUT2D eigenvalue weighted by Gasteiger charge is -2.20. The second kappa shape index (κ2) is 9.21. The van der Waals surface area contributed by atoms with Crippen LogP contribution in [0.5, 0.6) is 5.75 Å². The molecule has 0 aliphatic carbocycles. The Kier molecular flexibility index (Phi) is 6.47. The van der Waals surface area contributed by atoms with E-state index in [1.807, 2.05) is 35.2 Å². The highest BCUT2D eigenvalue weighted by molar-refractivity contribution is 5.96. The average Bonchev–Trinajstić information content (AvgIpc) is 2.98. The Morgan fingerprint density at radius 2 is 1.56 bits per heavy atom. The van der Waals surface area contributed by atoms with Crippen molar-refractivity contribution in [3.8, 4) is 5.75 Å². The maximum absolute atomic E-state index is 12.6. The van der Waals surface area contributed by atoms with E-state index >= 15 is 0 Å². The molecular weight excluding hydrogens is 340 g/mol. The number of carbonyl (C=O) groups excluding carboxylic acids is 2. The van der Waals surface area contributed by atoms with Crippen molar-refractivity contribution in [2.45, 2.75) is 38.7 Å². The first-order chi connectivity index (χ1) is 13.1. The van der Waals surface area contributed by atoms with Gasteiger partial charge in [-0.3, -0.25) is 9.59 Å². The third kappa shape index (κ3) is 5.33. The maximum atomic E-state index is 12.6. The highest BCUT2D eigenvalue weighted by Gasteiger charge is 2.18. The van der Waals surface area contributed by atoms with Crippen molar-refractivity contribution in [1.82, 2.24) is 4.90 Å². The van der Waals surface area contributed by atoms with E-state index in [4.69, 9.17) is 4.74 Å². The largest absolute Gasteiger partial charge is 0.481 e. The molecule has 1 N–H and O–H groups in total. The van der Waals surface area contributed by atoms with Crippen LogP contribution in [0.3, 0.4) is 0 Å². The van der Waals surface area contributed by atoms with Crippen molar-refractivity contribution in [2.75, 3.05) is 18.4 Å². The normalized spacial score (nSPS) is 15.5. The van der Waals surface area contributed by atoms with Crippen LogP contribution in [0.15, 0.2) is 54.6 Å². The number of rotatable bonds is 5. The van der Waals surface area contributed by atoms with E-state index in [1.165, 1.54) is 12.8 Å². The van der Waals surface area contributed by atoms with E-state index in [2.05, 4.69) is 5.32 Å². The summed E-state index contributed by atoms with van der Waals surface area (Å²) in [7, 11) is 0. The Morgan fingerprint density at radius 1 is 0.926 bits per heavy atom. The van der Waals surface area contributed by atoms with Gasteiger partial charge in [-0.15, -0.1) is 0 Å². The quantitative estimate of drug-likeness (QED) is 0.866. The van der Waals surface area contributed by atoms with E-state index < -0.39 is 6.10 Å². The summed E-state index contributed by atoms with van der Waals surface area (Å²) in [4.78, 5) is 26.9. The standard InChI is InChI=1S/C22H26N2O3/c1-17(27-20-9-5-4-6-10-20)21(25)23-19-13-11-18(12-14-19)22(26)24-15-7-2-3-8-16-24/h4-6,9-14,17H,2-3,7-8,15-16H2,1H3,(H,23,25). The zero-order valence-electron chi connectivity index (χ0n) is 15.7. The van der Waals surface area contributed by atoms with Crippen LogP contribution in [-0.4, -0.2) is 35.9 Å². The minimum atomic E-state index is -0.620. The summed E-state index contributed by atoms with van der Waals surface area (Å²) in [5.74, 6) is 0.486. The number of hydrogen-bond acceptors (Lipinski definition) is 3. The number of ether oxygens (including phenoxy) is 1. The van der Waals surface area contributed by atoms with Crippen LogP contribution in [0.25, 0.3) is 0 Å². The van der Waals surface area contributed by atoms with Gasteiger partial charge in [-0.2, -0.15) is 0 Å². The molecule has 1 aliphatic heterocycles. The molecule has 1 fully saturated rings. The monoisotopic (exact) mass is 366 g/mol. The average molecular weight is 366 g/mol. The van der Waals surface area contributed by atoms with Gasteiger partial charge in [-0.25, -0.2) is 0 Å². The lowest BCUT2D eigenvalue weighted by atomic mass is 10.1. The molecule has 2 amide bonds. The smallest absolute Gasteiger partial charge is 0.265 e. The van der Waals surface area contributed by atoms with Gasteiger partial charge in [0.15, 0.2) is 6.10 Å². The van der Waals surface area contributed by atoms with Crippen LogP contribution >= 0.6 is 0 Å². The Balaban J connectivity index is 1.56. The molecule has 3 rings (SSSR count). The van der Waals surface area contributed by atoms with Crippen LogP contribution in [0.1, 0.15) is 43.0 Å². The van der Waals surface area contributed by atoms with Crippen molar-refractivity contribution in [3.05, 3.63) is 60.2 Å². The summed E-state index contributed by atoms with van der Waals surface area (Å²) in [6.07, 6.45) is 3.90. The van der Waals surface area contributed by atoms with Crippen LogP contribution in [0, 0.1) is 0 Å². The predicted molar refractivity (Wildman–Crippen MR) is 106 cm³/mol. The molecule has 1 unspecified atom stereocenters. The molecule has 5 nitrogen and oxygen atoms in total. The number of nitrogens with zero attached hydrogens (tertiary/aromatic N) is 1. The lowest BCUT2D eigenvalue weighted by molar-refractivity contribution is -0.122. The molecule has 1 atom stereocenters. The van der Waals surface area contributed by atoms with E-state index in [0.29, 0.717) is 17.0 Å². The summed E-state index contributed by atoms with van der Waals surface area (Å²) in [5.41, 5.74) is 1.31. The number of anilines is 1. The van der Waals surface area contributed by atoms with Crippen molar-refractivity contribution >= 4 is 17.5 Å². The number of likely N-dealkylation sites (tertiary alicyclic amines) is 1. The lowest BCUT2D eigenvalue weighted by Crippen LogP contribution is -2.32. The van der Waals surface area contributed by atoms with Crippen LogP contribution in [0.2, 0.25) is 0 Å². The summed E-state index contributed by atoms with van der Waals surface area (Å²) in [5, 5.41) is 2.83. The van der Waals surface area contributed by atoms with Crippen LogP contribution in [0.4, 0.5) is 5.69 Å². The van der Waals surface area contributed by atoms with Crippen molar-refractivity contribution < 1.29 is 14.3 Å². The number of para-hydroxylation sites is 1. The number of benzene rings is 2. The Bertz CT molecular complexity index is 751. The Hall–Kier alpha value is -2.82. The second-order valence-electron chi connectivity index (χ2n) is 6.85. The molecule has 1 saturated heterocycles. The minimum absolute atomic E-state index is 0.0653. The highest BCUT2D eigenvalue weighted by Crippen LogP contribution is 2.16. The van der Waals surface area contributed by atoms with E-state index in [1.54, 1.807) is 31.2 Å². The van der Waals surface area contributed by atoms with Gasteiger partial charge in [0.05, 0.1) is 0 Å². The number of nitrogens with one attached hydrogen (secondary N) is 1. The second-order valence-corrected chi connectivity index (χ2v) is 6.85. The fraction of sp³-hybridized carbons (Fsp3) is 0.364. The fourth-order valence-corrected chi connectivity index (χ4v) is 3.15. The molecule has 1 aliphatic rings. The van der Waals surface area contributed by atoms with Gasteiger partial charge >= 0.3 is 0 Å². The molecule has 1 heterocycles. The molecule has 0 saturated carbocycles. The van der Waals surface area contributed by atoms with Gasteiger partial charge in [0, 0.05) is 24.3 Å². The first kappa shape index (κ1) is 19.0. The first-order valence-electron chi connectivity index (χ1n) is 9.55. The zero-order valence-corrected chi connectivity index (χ0v) is 15.7. The number of hydrogen-bond donors (Lipinski definition) is 1. The molecule has 5 heteroatoms. The molecule has 0 radical (unpaired) electrons. The summed E-state index contributed by atoms with van der Waals surface area (Å²) in [6, 6.07) is 16.3. The van der Waals surface area contributed by atoms with Crippen molar-refractivity contribution in [1.29, 1.82) is 0 Å². The molecule has 2 aromatic carbocycles. The third-order valence-corrected chi connectivity index (χ3v) is 4.72. The molecule has 142 valence electrons. The third-order valence-electron chi connectivity index (χ3n) is 4.72. The fourth-order valence-electron chi connectivity index (χ4n) is 3.15. The summed E-state index contributed by atoms with van der Waals surface area (Å²) >= 11 is 0. The van der Waals surface area contributed by atoms with E-state index in [9.17, 15) is 9.59 Å². The molecule has 2 aromatic rings. The first-order valence-corrected chi connectivity index (χ1v) is 9.55. The Labute approximate surface area is 160 Å². The molecule has 0 spiro atoms. The number of carbonyl (C=O) groups is 2. The van der Waals surface area contributed by atoms with Gasteiger partial charge in [0.25, 0.3) is 11.8 Å².